The summed E-state index contributed by atoms with van der Waals surface area (Å²) in [7, 11) is 0. The second kappa shape index (κ2) is 8.36. The predicted molar refractivity (Wildman–Crippen MR) is 117 cm³/mol. The van der Waals surface area contributed by atoms with Crippen LogP contribution < -0.4 is 16.4 Å². The SMILES string of the molecule is NC(=O)NC(Cc1c[nH]c2ccccc12)C(=O)NCCc1csc2ccccc12. The van der Waals surface area contributed by atoms with Crippen molar-refractivity contribution in [2.45, 2.75) is 18.9 Å². The molecular weight excluding hydrogens is 384 g/mol. The molecule has 148 valence electrons. The number of H-pyrrole nitrogens is 1. The molecule has 4 rings (SSSR count). The first-order valence-corrected chi connectivity index (χ1v) is 10.3. The highest BCUT2D eigenvalue weighted by Crippen LogP contribution is 2.25. The number of urea groups is 1. The van der Waals surface area contributed by atoms with Crippen LogP contribution in [-0.2, 0) is 17.6 Å². The standard InChI is InChI=1S/C22H22N4O2S/c23-22(28)26-19(11-15-12-25-18-7-3-1-5-16(15)18)21(27)24-10-9-14-13-29-20-8-4-2-6-17(14)20/h1-8,12-13,19,25H,9-11H2,(H,24,27)(H3,23,26,28). The van der Waals surface area contributed by atoms with Crippen molar-refractivity contribution in [1.82, 2.24) is 15.6 Å². The van der Waals surface area contributed by atoms with Crippen molar-refractivity contribution >= 4 is 44.3 Å². The van der Waals surface area contributed by atoms with E-state index in [4.69, 9.17) is 5.73 Å². The number of hydrogen-bond donors (Lipinski definition) is 4. The lowest BCUT2D eigenvalue weighted by Crippen LogP contribution is -2.50. The van der Waals surface area contributed by atoms with Gasteiger partial charge in [0.25, 0.3) is 0 Å². The molecule has 1 atom stereocenters. The Bertz CT molecular complexity index is 1160. The molecule has 2 heterocycles. The summed E-state index contributed by atoms with van der Waals surface area (Å²) in [5.41, 5.74) is 8.46. The molecule has 0 aliphatic carbocycles. The molecule has 6 nitrogen and oxygen atoms in total. The highest BCUT2D eigenvalue weighted by atomic mass is 32.1. The first kappa shape index (κ1) is 19.0. The van der Waals surface area contributed by atoms with Crippen LogP contribution in [0, 0.1) is 0 Å². The van der Waals surface area contributed by atoms with Gasteiger partial charge in [0.2, 0.25) is 5.91 Å². The molecule has 0 saturated carbocycles. The summed E-state index contributed by atoms with van der Waals surface area (Å²) in [6.07, 6.45) is 2.96. The van der Waals surface area contributed by atoms with E-state index in [1.54, 1.807) is 11.3 Å². The third kappa shape index (κ3) is 4.25. The third-order valence-electron chi connectivity index (χ3n) is 4.99. The van der Waals surface area contributed by atoms with E-state index < -0.39 is 12.1 Å². The molecule has 29 heavy (non-hydrogen) atoms. The number of hydrogen-bond acceptors (Lipinski definition) is 3. The van der Waals surface area contributed by atoms with Gasteiger partial charge >= 0.3 is 6.03 Å². The van der Waals surface area contributed by atoms with Crippen LogP contribution >= 0.6 is 11.3 Å². The van der Waals surface area contributed by atoms with Gasteiger partial charge in [0, 0.05) is 34.8 Å². The van der Waals surface area contributed by atoms with Crippen LogP contribution in [0.4, 0.5) is 4.79 Å². The van der Waals surface area contributed by atoms with E-state index in [0.717, 1.165) is 22.9 Å². The maximum absolute atomic E-state index is 12.7. The maximum atomic E-state index is 12.7. The number of thiophene rings is 1. The van der Waals surface area contributed by atoms with Crippen LogP contribution in [0.25, 0.3) is 21.0 Å². The first-order valence-electron chi connectivity index (χ1n) is 9.45. The van der Waals surface area contributed by atoms with Gasteiger partial charge in [-0.25, -0.2) is 4.79 Å². The van der Waals surface area contributed by atoms with E-state index in [0.29, 0.717) is 13.0 Å². The van der Waals surface area contributed by atoms with Gasteiger partial charge in [0.1, 0.15) is 6.04 Å². The molecule has 0 radical (unpaired) electrons. The van der Waals surface area contributed by atoms with E-state index in [1.807, 2.05) is 42.6 Å². The Hall–Kier alpha value is -3.32. The van der Waals surface area contributed by atoms with Gasteiger partial charge in [-0.15, -0.1) is 11.3 Å². The van der Waals surface area contributed by atoms with Crippen molar-refractivity contribution in [3.63, 3.8) is 0 Å². The molecule has 7 heteroatoms. The lowest BCUT2D eigenvalue weighted by atomic mass is 10.0. The fourth-order valence-electron chi connectivity index (χ4n) is 3.57. The molecule has 0 saturated heterocycles. The number of carbonyl (C=O) groups is 2. The van der Waals surface area contributed by atoms with Gasteiger partial charge in [0.15, 0.2) is 0 Å². The van der Waals surface area contributed by atoms with Gasteiger partial charge < -0.3 is 21.4 Å². The Morgan fingerprint density at radius 3 is 2.62 bits per heavy atom. The fourth-order valence-corrected chi connectivity index (χ4v) is 4.57. The van der Waals surface area contributed by atoms with Crippen molar-refractivity contribution in [3.8, 4) is 0 Å². The highest BCUT2D eigenvalue weighted by molar-refractivity contribution is 7.17. The summed E-state index contributed by atoms with van der Waals surface area (Å²) >= 11 is 1.70. The second-order valence-corrected chi connectivity index (χ2v) is 7.83. The lowest BCUT2D eigenvalue weighted by molar-refractivity contribution is -0.122. The Balaban J connectivity index is 1.42. The Labute approximate surface area is 172 Å². The van der Waals surface area contributed by atoms with Crippen molar-refractivity contribution in [3.05, 3.63) is 71.2 Å². The number of nitrogens with two attached hydrogens (primary N) is 1. The summed E-state index contributed by atoms with van der Waals surface area (Å²) in [4.78, 5) is 27.4. The lowest BCUT2D eigenvalue weighted by Gasteiger charge is -2.17. The van der Waals surface area contributed by atoms with Gasteiger partial charge in [-0.1, -0.05) is 36.4 Å². The molecule has 0 aliphatic rings. The zero-order chi connectivity index (χ0) is 20.2. The first-order chi connectivity index (χ1) is 14.1. The molecule has 3 amide bonds. The predicted octanol–water partition coefficient (Wildman–Crippen LogP) is 3.32. The minimum Gasteiger partial charge on any atom is -0.361 e. The van der Waals surface area contributed by atoms with Crippen LogP contribution in [0.15, 0.2) is 60.1 Å². The van der Waals surface area contributed by atoms with Crippen molar-refractivity contribution < 1.29 is 9.59 Å². The maximum Gasteiger partial charge on any atom is 0.312 e. The van der Waals surface area contributed by atoms with Gasteiger partial charge in [-0.05, 0) is 40.4 Å². The Morgan fingerprint density at radius 1 is 1.03 bits per heavy atom. The summed E-state index contributed by atoms with van der Waals surface area (Å²) in [6.45, 7) is 0.490. The van der Waals surface area contributed by atoms with Gasteiger partial charge in [-0.3, -0.25) is 4.79 Å². The molecular formula is C22H22N4O2S. The number of rotatable bonds is 7. The highest BCUT2D eigenvalue weighted by Gasteiger charge is 2.21. The average Bonchev–Trinajstić information content (AvgIpc) is 3.32. The van der Waals surface area contributed by atoms with Crippen LogP contribution in [0.3, 0.4) is 0 Å². The minimum atomic E-state index is -0.731. The molecule has 0 fully saturated rings. The van der Waals surface area contributed by atoms with Crippen LogP contribution in [0.5, 0.6) is 0 Å². The molecule has 2 aromatic heterocycles. The Morgan fingerprint density at radius 2 is 1.79 bits per heavy atom. The number of primary amides is 1. The molecule has 4 aromatic rings. The number of amides is 3. The van der Waals surface area contributed by atoms with Crippen LogP contribution in [-0.4, -0.2) is 29.5 Å². The minimum absolute atomic E-state index is 0.242. The summed E-state index contributed by atoms with van der Waals surface area (Å²) in [5.74, 6) is -0.242. The van der Waals surface area contributed by atoms with E-state index >= 15 is 0 Å². The van der Waals surface area contributed by atoms with Gasteiger partial charge in [0.05, 0.1) is 0 Å². The number of fused-ring (bicyclic) bond motifs is 2. The fraction of sp³-hybridized carbons (Fsp3) is 0.182. The van der Waals surface area contributed by atoms with Crippen LogP contribution in [0.1, 0.15) is 11.1 Å². The summed E-state index contributed by atoms with van der Waals surface area (Å²) in [6, 6.07) is 14.6. The van der Waals surface area contributed by atoms with E-state index in [9.17, 15) is 9.59 Å². The average molecular weight is 407 g/mol. The normalized spacial score (nSPS) is 12.1. The zero-order valence-electron chi connectivity index (χ0n) is 15.8. The Kier molecular flexibility index (Phi) is 5.48. The van der Waals surface area contributed by atoms with E-state index in [2.05, 4.69) is 33.1 Å². The van der Waals surface area contributed by atoms with Crippen molar-refractivity contribution in [1.29, 1.82) is 0 Å². The smallest absolute Gasteiger partial charge is 0.312 e. The summed E-state index contributed by atoms with van der Waals surface area (Å²) < 4.78 is 1.24. The monoisotopic (exact) mass is 406 g/mol. The number of nitrogens with one attached hydrogen (secondary N) is 3. The number of carbonyl (C=O) groups excluding carboxylic acids is 2. The number of aromatic nitrogens is 1. The summed E-state index contributed by atoms with van der Waals surface area (Å²) in [5, 5.41) is 9.88. The van der Waals surface area contributed by atoms with E-state index in [1.165, 1.54) is 15.6 Å². The number of aromatic amines is 1. The van der Waals surface area contributed by atoms with Gasteiger partial charge in [-0.2, -0.15) is 0 Å². The zero-order valence-corrected chi connectivity index (χ0v) is 16.6. The van der Waals surface area contributed by atoms with Crippen molar-refractivity contribution in [2.24, 2.45) is 5.73 Å². The molecule has 5 N–H and O–H groups in total. The van der Waals surface area contributed by atoms with Crippen LogP contribution in [0.2, 0.25) is 0 Å². The number of para-hydroxylation sites is 1. The van der Waals surface area contributed by atoms with E-state index in [-0.39, 0.29) is 5.91 Å². The number of benzene rings is 2. The molecule has 0 aliphatic heterocycles. The topological polar surface area (TPSA) is 100 Å². The third-order valence-corrected chi connectivity index (χ3v) is 6.00. The quantitative estimate of drug-likeness (QED) is 0.378. The molecule has 2 aromatic carbocycles. The molecule has 0 bridgehead atoms. The van der Waals surface area contributed by atoms with Crippen molar-refractivity contribution in [2.75, 3.05) is 6.54 Å². The second-order valence-electron chi connectivity index (χ2n) is 6.92. The molecule has 0 spiro atoms. The largest absolute Gasteiger partial charge is 0.361 e. The molecule has 1 unspecified atom stereocenters.